The monoisotopic (exact) mass is 346 g/mol. The quantitative estimate of drug-likeness (QED) is 0.830. The molecule has 2 N–H and O–H groups in total. The van der Waals surface area contributed by atoms with E-state index in [1.165, 1.54) is 18.4 Å². The molecule has 3 nitrogen and oxygen atoms in total. The SMILES string of the molecule is OCCN(Cc1ccc(Cl)c(Br)c1)CC1CCCN1. The highest BCUT2D eigenvalue weighted by atomic mass is 79.9. The van der Waals surface area contributed by atoms with Crippen LogP contribution >= 0.6 is 27.5 Å². The molecule has 0 spiro atoms. The summed E-state index contributed by atoms with van der Waals surface area (Å²) in [6.45, 7) is 3.85. The molecule has 0 aliphatic carbocycles. The minimum absolute atomic E-state index is 0.196. The van der Waals surface area contributed by atoms with E-state index in [4.69, 9.17) is 11.6 Å². The van der Waals surface area contributed by atoms with Crippen LogP contribution in [0.1, 0.15) is 18.4 Å². The molecule has 1 fully saturated rings. The summed E-state index contributed by atoms with van der Waals surface area (Å²) in [4.78, 5) is 2.29. The Morgan fingerprint density at radius 3 is 2.95 bits per heavy atom. The summed E-state index contributed by atoms with van der Waals surface area (Å²) in [5.74, 6) is 0. The van der Waals surface area contributed by atoms with Crippen LogP contribution in [0.25, 0.3) is 0 Å². The van der Waals surface area contributed by atoms with Gasteiger partial charge in [0.1, 0.15) is 0 Å². The number of nitrogens with zero attached hydrogens (tertiary/aromatic N) is 1. The van der Waals surface area contributed by atoms with E-state index >= 15 is 0 Å². The largest absolute Gasteiger partial charge is 0.395 e. The molecule has 5 heteroatoms. The number of hydrogen-bond acceptors (Lipinski definition) is 3. The predicted molar refractivity (Wildman–Crippen MR) is 82.5 cm³/mol. The zero-order chi connectivity index (χ0) is 13.7. The standard InChI is InChI=1S/C14H20BrClN2O/c15-13-8-11(3-4-14(13)16)9-18(6-7-19)10-12-2-1-5-17-12/h3-4,8,12,17,19H,1-2,5-7,9-10H2. The maximum Gasteiger partial charge on any atom is 0.0558 e. The summed E-state index contributed by atoms with van der Waals surface area (Å²) >= 11 is 9.46. The molecule has 1 unspecified atom stereocenters. The van der Waals surface area contributed by atoms with Gasteiger partial charge in [0.15, 0.2) is 0 Å². The second kappa shape index (κ2) is 7.60. The zero-order valence-electron chi connectivity index (χ0n) is 10.9. The summed E-state index contributed by atoms with van der Waals surface area (Å²) in [6, 6.07) is 6.56. The van der Waals surface area contributed by atoms with Crippen molar-refractivity contribution in [3.8, 4) is 0 Å². The van der Waals surface area contributed by atoms with E-state index in [-0.39, 0.29) is 6.61 Å². The normalized spacial score (nSPS) is 19.3. The Bertz CT molecular complexity index is 410. The van der Waals surface area contributed by atoms with Gasteiger partial charge in [-0.1, -0.05) is 17.7 Å². The van der Waals surface area contributed by atoms with E-state index < -0.39 is 0 Å². The lowest BCUT2D eigenvalue weighted by Gasteiger charge is -2.25. The molecular formula is C14H20BrClN2O. The lowest BCUT2D eigenvalue weighted by atomic mass is 10.1. The van der Waals surface area contributed by atoms with Crippen LogP contribution in [0.2, 0.25) is 5.02 Å². The first-order valence-electron chi connectivity index (χ1n) is 6.69. The van der Waals surface area contributed by atoms with Crippen molar-refractivity contribution in [2.24, 2.45) is 0 Å². The molecule has 106 valence electrons. The molecule has 1 atom stereocenters. The fourth-order valence-corrected chi connectivity index (χ4v) is 3.04. The molecular weight excluding hydrogens is 328 g/mol. The molecule has 1 aromatic rings. The molecule has 1 aromatic carbocycles. The van der Waals surface area contributed by atoms with Gasteiger partial charge in [0, 0.05) is 30.1 Å². The molecule has 0 aromatic heterocycles. The molecule has 1 heterocycles. The number of rotatable bonds is 6. The predicted octanol–water partition coefficient (Wildman–Crippen LogP) is 2.65. The number of hydrogen-bond donors (Lipinski definition) is 2. The third kappa shape index (κ3) is 4.72. The average Bonchev–Trinajstić information content (AvgIpc) is 2.87. The molecule has 0 bridgehead atoms. The lowest BCUT2D eigenvalue weighted by molar-refractivity contribution is 0.179. The van der Waals surface area contributed by atoms with Crippen LogP contribution < -0.4 is 5.32 Å². The first-order chi connectivity index (χ1) is 9.19. The molecule has 1 aliphatic rings. The van der Waals surface area contributed by atoms with Crippen LogP contribution in [-0.4, -0.2) is 42.3 Å². The first kappa shape index (κ1) is 15.3. The highest BCUT2D eigenvalue weighted by Crippen LogP contribution is 2.24. The van der Waals surface area contributed by atoms with Gasteiger partial charge in [0.2, 0.25) is 0 Å². The van der Waals surface area contributed by atoms with Gasteiger partial charge in [0.05, 0.1) is 11.6 Å². The Kier molecular flexibility index (Phi) is 6.10. The van der Waals surface area contributed by atoms with Crippen molar-refractivity contribution < 1.29 is 5.11 Å². The third-order valence-electron chi connectivity index (χ3n) is 3.45. The van der Waals surface area contributed by atoms with Crippen LogP contribution in [0.4, 0.5) is 0 Å². The zero-order valence-corrected chi connectivity index (χ0v) is 13.3. The molecule has 0 saturated carbocycles. The van der Waals surface area contributed by atoms with Gasteiger partial charge in [0.25, 0.3) is 0 Å². The van der Waals surface area contributed by atoms with E-state index in [9.17, 15) is 5.11 Å². The van der Waals surface area contributed by atoms with Crippen LogP contribution in [-0.2, 0) is 6.54 Å². The molecule has 2 rings (SSSR count). The summed E-state index contributed by atoms with van der Waals surface area (Å²) in [6.07, 6.45) is 2.48. The topological polar surface area (TPSA) is 35.5 Å². The summed E-state index contributed by atoms with van der Waals surface area (Å²) in [5.41, 5.74) is 1.21. The van der Waals surface area contributed by atoms with Gasteiger partial charge in [-0.15, -0.1) is 0 Å². The lowest BCUT2D eigenvalue weighted by Crippen LogP contribution is -2.38. The van der Waals surface area contributed by atoms with E-state index in [1.807, 2.05) is 12.1 Å². The fourth-order valence-electron chi connectivity index (χ4n) is 2.50. The highest BCUT2D eigenvalue weighted by molar-refractivity contribution is 9.10. The summed E-state index contributed by atoms with van der Waals surface area (Å²) in [5, 5.41) is 13.4. The Hall–Kier alpha value is -0.130. The van der Waals surface area contributed by atoms with Crippen molar-refractivity contribution in [1.82, 2.24) is 10.2 Å². The fraction of sp³-hybridized carbons (Fsp3) is 0.571. The summed E-state index contributed by atoms with van der Waals surface area (Å²) < 4.78 is 0.926. The summed E-state index contributed by atoms with van der Waals surface area (Å²) in [7, 11) is 0. The Labute approximate surface area is 128 Å². The van der Waals surface area contributed by atoms with E-state index in [2.05, 4.69) is 32.2 Å². The second-order valence-corrected chi connectivity index (χ2v) is 6.26. The molecule has 1 saturated heterocycles. The van der Waals surface area contributed by atoms with Crippen molar-refractivity contribution in [3.05, 3.63) is 33.3 Å². The van der Waals surface area contributed by atoms with Crippen LogP contribution in [0.3, 0.4) is 0 Å². The van der Waals surface area contributed by atoms with Gasteiger partial charge >= 0.3 is 0 Å². The van der Waals surface area contributed by atoms with Crippen molar-refractivity contribution in [1.29, 1.82) is 0 Å². The van der Waals surface area contributed by atoms with Gasteiger partial charge in [-0.3, -0.25) is 4.90 Å². The van der Waals surface area contributed by atoms with Crippen LogP contribution in [0, 0.1) is 0 Å². The van der Waals surface area contributed by atoms with Crippen molar-refractivity contribution in [2.45, 2.75) is 25.4 Å². The smallest absolute Gasteiger partial charge is 0.0558 e. The average molecular weight is 348 g/mol. The van der Waals surface area contributed by atoms with E-state index in [0.717, 1.165) is 29.1 Å². The van der Waals surface area contributed by atoms with Crippen LogP contribution in [0.5, 0.6) is 0 Å². The number of nitrogens with one attached hydrogen (secondary N) is 1. The van der Waals surface area contributed by atoms with Crippen molar-refractivity contribution in [3.63, 3.8) is 0 Å². The van der Waals surface area contributed by atoms with Crippen molar-refractivity contribution >= 4 is 27.5 Å². The minimum Gasteiger partial charge on any atom is -0.395 e. The van der Waals surface area contributed by atoms with Gasteiger partial charge in [-0.05, 0) is 53.0 Å². The van der Waals surface area contributed by atoms with Gasteiger partial charge in [-0.2, -0.15) is 0 Å². The van der Waals surface area contributed by atoms with Gasteiger partial charge in [-0.25, -0.2) is 0 Å². The van der Waals surface area contributed by atoms with Crippen LogP contribution in [0.15, 0.2) is 22.7 Å². The number of benzene rings is 1. The number of halogens is 2. The maximum atomic E-state index is 9.19. The Balaban J connectivity index is 1.96. The molecule has 19 heavy (non-hydrogen) atoms. The molecule has 0 radical (unpaired) electrons. The molecule has 0 amide bonds. The second-order valence-electron chi connectivity index (χ2n) is 5.00. The molecule has 1 aliphatic heterocycles. The number of aliphatic hydroxyl groups is 1. The first-order valence-corrected chi connectivity index (χ1v) is 7.86. The highest BCUT2D eigenvalue weighted by Gasteiger charge is 2.17. The van der Waals surface area contributed by atoms with Gasteiger partial charge < -0.3 is 10.4 Å². The minimum atomic E-state index is 0.196. The Morgan fingerprint density at radius 2 is 2.32 bits per heavy atom. The maximum absolute atomic E-state index is 9.19. The Morgan fingerprint density at radius 1 is 1.47 bits per heavy atom. The van der Waals surface area contributed by atoms with E-state index in [1.54, 1.807) is 0 Å². The third-order valence-corrected chi connectivity index (χ3v) is 4.66. The number of aliphatic hydroxyl groups excluding tert-OH is 1. The van der Waals surface area contributed by atoms with E-state index in [0.29, 0.717) is 12.6 Å². The van der Waals surface area contributed by atoms with Crippen molar-refractivity contribution in [2.75, 3.05) is 26.2 Å².